The predicted octanol–water partition coefficient (Wildman–Crippen LogP) is 5.96. The number of carboxylic acids is 1. The van der Waals surface area contributed by atoms with Crippen molar-refractivity contribution in [3.8, 4) is 22.1 Å². The molecule has 6 heteroatoms. The lowest BCUT2D eigenvalue weighted by Gasteiger charge is -2.15. The zero-order valence-corrected chi connectivity index (χ0v) is 17.0. The summed E-state index contributed by atoms with van der Waals surface area (Å²) in [5.41, 5.74) is 1.32. The van der Waals surface area contributed by atoms with E-state index in [4.69, 9.17) is 4.74 Å². The molecule has 0 radical (unpaired) electrons. The highest BCUT2D eigenvalue weighted by molar-refractivity contribution is 7.21. The van der Waals surface area contributed by atoms with Crippen LogP contribution in [0.1, 0.15) is 49.9 Å². The predicted molar refractivity (Wildman–Crippen MR) is 112 cm³/mol. The number of aromatic hydroxyl groups is 1. The van der Waals surface area contributed by atoms with Crippen molar-refractivity contribution in [2.45, 2.75) is 39.5 Å². The fourth-order valence-electron chi connectivity index (χ4n) is 3.12. The summed E-state index contributed by atoms with van der Waals surface area (Å²) in [7, 11) is 0. The number of phenolic OH excluding ortho intramolecular Hbond substituents is 1. The van der Waals surface area contributed by atoms with Crippen LogP contribution in [0.5, 0.6) is 11.5 Å². The van der Waals surface area contributed by atoms with Crippen LogP contribution in [-0.4, -0.2) is 27.8 Å². The SMILES string of the molecule is CCCCC(CC)COc1ccc2nc(-c3cc(O)ccc3C(=O)O)sc2c1. The number of unbranched alkanes of at least 4 members (excludes halogenated alkanes) is 1. The maximum atomic E-state index is 11.5. The van der Waals surface area contributed by atoms with E-state index >= 15 is 0 Å². The molecule has 3 rings (SSSR count). The van der Waals surface area contributed by atoms with E-state index in [1.165, 1.54) is 48.8 Å². The summed E-state index contributed by atoms with van der Waals surface area (Å²) in [6.07, 6.45) is 4.69. The molecule has 1 aromatic heterocycles. The molecule has 1 atom stereocenters. The van der Waals surface area contributed by atoms with E-state index in [2.05, 4.69) is 18.8 Å². The number of carboxylic acid groups (broad SMARTS) is 1. The van der Waals surface area contributed by atoms with Crippen molar-refractivity contribution in [2.75, 3.05) is 6.61 Å². The van der Waals surface area contributed by atoms with E-state index in [-0.39, 0.29) is 11.3 Å². The van der Waals surface area contributed by atoms with Gasteiger partial charge in [0, 0.05) is 5.56 Å². The summed E-state index contributed by atoms with van der Waals surface area (Å²) in [6, 6.07) is 9.95. The van der Waals surface area contributed by atoms with E-state index in [9.17, 15) is 15.0 Å². The Morgan fingerprint density at radius 2 is 2.04 bits per heavy atom. The number of hydrogen-bond acceptors (Lipinski definition) is 5. The van der Waals surface area contributed by atoms with Crippen molar-refractivity contribution < 1.29 is 19.7 Å². The van der Waals surface area contributed by atoms with E-state index in [1.807, 2.05) is 18.2 Å². The van der Waals surface area contributed by atoms with Gasteiger partial charge in [-0.05, 0) is 48.7 Å². The number of rotatable bonds is 9. The minimum atomic E-state index is -1.05. The van der Waals surface area contributed by atoms with Gasteiger partial charge in [0.2, 0.25) is 0 Å². The molecule has 0 aliphatic heterocycles. The summed E-state index contributed by atoms with van der Waals surface area (Å²) in [6.45, 7) is 5.09. The average molecular weight is 400 g/mol. The number of benzene rings is 2. The highest BCUT2D eigenvalue weighted by Gasteiger charge is 2.16. The molecule has 3 aromatic rings. The van der Waals surface area contributed by atoms with Gasteiger partial charge in [-0.1, -0.05) is 33.1 Å². The maximum absolute atomic E-state index is 11.5. The number of nitrogens with zero attached hydrogens (tertiary/aromatic N) is 1. The fourth-order valence-corrected chi connectivity index (χ4v) is 4.14. The molecule has 5 nitrogen and oxygen atoms in total. The second-order valence-electron chi connectivity index (χ2n) is 6.91. The first-order chi connectivity index (χ1) is 13.5. The molecule has 148 valence electrons. The van der Waals surface area contributed by atoms with Gasteiger partial charge in [0.25, 0.3) is 0 Å². The second kappa shape index (κ2) is 9.06. The number of hydrogen-bond donors (Lipinski definition) is 2. The number of ether oxygens (including phenoxy) is 1. The smallest absolute Gasteiger partial charge is 0.336 e. The zero-order chi connectivity index (χ0) is 20.1. The summed E-state index contributed by atoms with van der Waals surface area (Å²) < 4.78 is 6.93. The Balaban J connectivity index is 1.84. The monoisotopic (exact) mass is 399 g/mol. The molecule has 0 amide bonds. The van der Waals surface area contributed by atoms with Gasteiger partial charge in [-0.25, -0.2) is 9.78 Å². The lowest BCUT2D eigenvalue weighted by atomic mass is 10.0. The van der Waals surface area contributed by atoms with Gasteiger partial charge in [0.1, 0.15) is 16.5 Å². The quantitative estimate of drug-likeness (QED) is 0.464. The lowest BCUT2D eigenvalue weighted by molar-refractivity contribution is 0.0697. The topological polar surface area (TPSA) is 79.7 Å². The number of aromatic nitrogens is 1. The standard InChI is InChI=1S/C22H25NO4S/c1-3-5-6-14(4-2)13-27-16-8-10-19-20(12-16)28-21(23-19)18-11-15(24)7-9-17(18)22(25)26/h7-12,14,24H,3-6,13H2,1-2H3,(H,25,26). The molecule has 0 aliphatic rings. The minimum absolute atomic E-state index is 0.0148. The van der Waals surface area contributed by atoms with E-state index in [1.54, 1.807) is 0 Å². The van der Waals surface area contributed by atoms with Gasteiger partial charge in [-0.15, -0.1) is 11.3 Å². The van der Waals surface area contributed by atoms with Crippen molar-refractivity contribution in [3.05, 3.63) is 42.0 Å². The van der Waals surface area contributed by atoms with Crippen molar-refractivity contribution in [3.63, 3.8) is 0 Å². The third-order valence-electron chi connectivity index (χ3n) is 4.85. The Bertz CT molecular complexity index is 966. The van der Waals surface area contributed by atoms with Crippen LogP contribution in [0, 0.1) is 5.92 Å². The Morgan fingerprint density at radius 3 is 2.75 bits per heavy atom. The summed E-state index contributed by atoms with van der Waals surface area (Å²) in [5.74, 6) is 0.321. The highest BCUT2D eigenvalue weighted by atomic mass is 32.1. The maximum Gasteiger partial charge on any atom is 0.336 e. The van der Waals surface area contributed by atoms with Crippen LogP contribution in [0.25, 0.3) is 20.8 Å². The molecule has 28 heavy (non-hydrogen) atoms. The van der Waals surface area contributed by atoms with Crippen LogP contribution in [0.3, 0.4) is 0 Å². The minimum Gasteiger partial charge on any atom is -0.508 e. The summed E-state index contributed by atoms with van der Waals surface area (Å²) in [4.78, 5) is 16.1. The van der Waals surface area contributed by atoms with Gasteiger partial charge in [-0.3, -0.25) is 0 Å². The molecular weight excluding hydrogens is 374 g/mol. The number of thiazole rings is 1. The number of aromatic carboxylic acids is 1. The van der Waals surface area contributed by atoms with E-state index < -0.39 is 5.97 Å². The molecule has 0 fully saturated rings. The van der Waals surface area contributed by atoms with Crippen molar-refractivity contribution in [1.29, 1.82) is 0 Å². The van der Waals surface area contributed by atoms with Gasteiger partial charge < -0.3 is 14.9 Å². The van der Waals surface area contributed by atoms with Crippen LogP contribution in [0.15, 0.2) is 36.4 Å². The second-order valence-corrected chi connectivity index (χ2v) is 7.94. The number of phenols is 1. The molecule has 0 bridgehead atoms. The van der Waals surface area contributed by atoms with Crippen LogP contribution in [0.4, 0.5) is 0 Å². The van der Waals surface area contributed by atoms with Crippen LogP contribution in [-0.2, 0) is 0 Å². The zero-order valence-electron chi connectivity index (χ0n) is 16.1. The van der Waals surface area contributed by atoms with Crippen LogP contribution >= 0.6 is 11.3 Å². The highest BCUT2D eigenvalue weighted by Crippen LogP contribution is 2.35. The van der Waals surface area contributed by atoms with Gasteiger partial charge in [-0.2, -0.15) is 0 Å². The Hall–Kier alpha value is -2.60. The number of carbonyl (C=O) groups is 1. The van der Waals surface area contributed by atoms with Gasteiger partial charge >= 0.3 is 5.97 Å². The largest absolute Gasteiger partial charge is 0.508 e. The molecule has 2 aromatic carbocycles. The summed E-state index contributed by atoms with van der Waals surface area (Å²) >= 11 is 1.39. The summed E-state index contributed by atoms with van der Waals surface area (Å²) in [5, 5.41) is 19.8. The molecule has 0 aliphatic carbocycles. The van der Waals surface area contributed by atoms with E-state index in [0.29, 0.717) is 23.1 Å². The number of fused-ring (bicyclic) bond motifs is 1. The molecule has 2 N–H and O–H groups in total. The molecule has 0 spiro atoms. The first kappa shape index (κ1) is 20.1. The third kappa shape index (κ3) is 4.62. The first-order valence-electron chi connectivity index (χ1n) is 9.61. The van der Waals surface area contributed by atoms with Crippen molar-refractivity contribution in [2.24, 2.45) is 5.92 Å². The average Bonchev–Trinajstić information content (AvgIpc) is 3.11. The van der Waals surface area contributed by atoms with Crippen molar-refractivity contribution >= 4 is 27.5 Å². The normalized spacial score (nSPS) is 12.2. The molecule has 1 unspecified atom stereocenters. The fraction of sp³-hybridized carbons (Fsp3) is 0.364. The molecule has 0 saturated heterocycles. The van der Waals surface area contributed by atoms with Gasteiger partial charge in [0.15, 0.2) is 0 Å². The Morgan fingerprint density at radius 1 is 1.21 bits per heavy atom. The van der Waals surface area contributed by atoms with Gasteiger partial charge in [0.05, 0.1) is 22.4 Å². The molecule has 0 saturated carbocycles. The molecule has 1 heterocycles. The molecular formula is C22H25NO4S. The van der Waals surface area contributed by atoms with Crippen molar-refractivity contribution in [1.82, 2.24) is 4.98 Å². The first-order valence-corrected chi connectivity index (χ1v) is 10.4. The van der Waals surface area contributed by atoms with E-state index in [0.717, 1.165) is 22.4 Å². The van der Waals surface area contributed by atoms with Crippen LogP contribution < -0.4 is 4.74 Å². The Labute approximate surface area is 168 Å². The third-order valence-corrected chi connectivity index (χ3v) is 5.90. The Kier molecular flexibility index (Phi) is 6.52. The lowest BCUT2D eigenvalue weighted by Crippen LogP contribution is -2.11. The van der Waals surface area contributed by atoms with Crippen LogP contribution in [0.2, 0.25) is 0 Å².